The Hall–Kier alpha value is -3.47. The molecule has 1 aliphatic heterocycles. The molecule has 0 fully saturated rings. The molecule has 7 nitrogen and oxygen atoms in total. The second kappa shape index (κ2) is 11.7. The first kappa shape index (κ1) is 27.1. The minimum atomic E-state index is -0.365. The minimum absolute atomic E-state index is 0.142. The smallest absolute Gasteiger partial charge is 0.240 e. The molecule has 2 amide bonds. The molecular weight excluding hydrogens is 533 g/mol. The van der Waals surface area contributed by atoms with Crippen LogP contribution in [0.2, 0.25) is 0 Å². The Balaban J connectivity index is 1.71. The third kappa shape index (κ3) is 5.78. The molecule has 2 aromatic heterocycles. The predicted molar refractivity (Wildman–Crippen MR) is 156 cm³/mol. The third-order valence-corrected chi connectivity index (χ3v) is 8.98. The number of hydrogen-bond acceptors (Lipinski definition) is 6. The van der Waals surface area contributed by atoms with E-state index in [0.717, 1.165) is 27.3 Å². The summed E-state index contributed by atoms with van der Waals surface area (Å²) in [6.07, 6.45) is 0. The fraction of sp³-hybridized carbons (Fsp3) is 0.276. The third-order valence-electron chi connectivity index (χ3n) is 6.53. The van der Waals surface area contributed by atoms with Crippen LogP contribution in [0, 0.1) is 12.7 Å². The normalized spacial score (nSPS) is 15.4. The summed E-state index contributed by atoms with van der Waals surface area (Å²) < 4.78 is 15.6. The number of aromatic nitrogens is 2. The largest absolute Gasteiger partial charge is 0.353 e. The van der Waals surface area contributed by atoms with Crippen molar-refractivity contribution >= 4 is 40.7 Å². The highest BCUT2D eigenvalue weighted by atomic mass is 32.2. The molecule has 0 bridgehead atoms. The maximum Gasteiger partial charge on any atom is 0.240 e. The topological polar surface area (TPSA) is 70.5 Å². The van der Waals surface area contributed by atoms with Crippen molar-refractivity contribution in [1.29, 1.82) is 0 Å². The van der Waals surface area contributed by atoms with E-state index in [4.69, 9.17) is 5.10 Å². The van der Waals surface area contributed by atoms with Gasteiger partial charge in [0.1, 0.15) is 18.2 Å². The van der Waals surface area contributed by atoms with Crippen molar-refractivity contribution in [3.8, 4) is 16.9 Å². The molecule has 0 unspecified atom stereocenters. The number of amides is 2. The van der Waals surface area contributed by atoms with Crippen molar-refractivity contribution in [1.82, 2.24) is 20.0 Å². The maximum atomic E-state index is 13.9. The van der Waals surface area contributed by atoms with E-state index in [1.54, 1.807) is 44.8 Å². The van der Waals surface area contributed by atoms with Gasteiger partial charge >= 0.3 is 0 Å². The van der Waals surface area contributed by atoms with Gasteiger partial charge in [-0.05, 0) is 62.3 Å². The molecule has 2 aromatic carbocycles. The molecule has 0 radical (unpaired) electrons. The number of aryl methyl sites for hydroxylation is 1. The first-order chi connectivity index (χ1) is 18.8. The summed E-state index contributed by atoms with van der Waals surface area (Å²) in [7, 11) is 3.88. The average Bonchev–Trinajstić information content (AvgIpc) is 3.49. The van der Waals surface area contributed by atoms with Gasteiger partial charge in [-0.1, -0.05) is 30.3 Å². The lowest BCUT2D eigenvalue weighted by Crippen LogP contribution is -2.43. The van der Waals surface area contributed by atoms with Crippen LogP contribution in [0.25, 0.3) is 16.9 Å². The molecule has 1 atom stereocenters. The summed E-state index contributed by atoms with van der Waals surface area (Å²) in [5.41, 5.74) is 4.24. The number of halogens is 1. The van der Waals surface area contributed by atoms with Crippen molar-refractivity contribution < 1.29 is 14.0 Å². The number of fused-ring (bicyclic) bond motifs is 1. The van der Waals surface area contributed by atoms with E-state index >= 15 is 0 Å². The lowest BCUT2D eigenvalue weighted by Gasteiger charge is -2.23. The lowest BCUT2D eigenvalue weighted by atomic mass is 10.0. The van der Waals surface area contributed by atoms with Crippen molar-refractivity contribution in [2.24, 2.45) is 0 Å². The Bertz CT molecular complexity index is 1470. The van der Waals surface area contributed by atoms with Crippen LogP contribution in [0.5, 0.6) is 0 Å². The monoisotopic (exact) mass is 563 g/mol. The number of rotatable bonds is 8. The quantitative estimate of drug-likeness (QED) is 0.331. The number of carbonyl (C=O) groups excluding carboxylic acids is 2. The number of thiophene rings is 1. The Labute approximate surface area is 235 Å². The molecule has 0 aliphatic carbocycles. The van der Waals surface area contributed by atoms with Gasteiger partial charge in [0, 0.05) is 29.1 Å². The van der Waals surface area contributed by atoms with Gasteiger partial charge in [-0.3, -0.25) is 14.5 Å². The highest BCUT2D eigenvalue weighted by molar-refractivity contribution is 8.00. The first-order valence-corrected chi connectivity index (χ1v) is 14.6. The summed E-state index contributed by atoms with van der Waals surface area (Å²) in [4.78, 5) is 31.4. The van der Waals surface area contributed by atoms with Crippen molar-refractivity contribution in [2.75, 3.05) is 44.4 Å². The maximum absolute atomic E-state index is 13.9. The molecule has 1 N–H and O–H groups in total. The number of carbonyl (C=O) groups is 2. The summed E-state index contributed by atoms with van der Waals surface area (Å²) in [6.45, 7) is 3.09. The van der Waals surface area contributed by atoms with E-state index in [1.165, 1.54) is 12.1 Å². The highest BCUT2D eigenvalue weighted by Gasteiger charge is 2.38. The van der Waals surface area contributed by atoms with Crippen LogP contribution in [-0.2, 0) is 9.59 Å². The fourth-order valence-electron chi connectivity index (χ4n) is 4.57. The molecular formula is C29H30FN5O2S2. The zero-order valence-corrected chi connectivity index (χ0v) is 23.7. The number of nitrogens with zero attached hydrogens (tertiary/aromatic N) is 4. The molecule has 4 aromatic rings. The summed E-state index contributed by atoms with van der Waals surface area (Å²) in [5.74, 6) is -0.0463. The van der Waals surface area contributed by atoms with Crippen LogP contribution >= 0.6 is 23.1 Å². The van der Waals surface area contributed by atoms with E-state index in [2.05, 4.69) is 23.7 Å². The van der Waals surface area contributed by atoms with E-state index in [0.29, 0.717) is 24.6 Å². The highest BCUT2D eigenvalue weighted by Crippen LogP contribution is 2.50. The predicted octanol–water partition coefficient (Wildman–Crippen LogP) is 4.90. The second-order valence-corrected chi connectivity index (χ2v) is 11.7. The van der Waals surface area contributed by atoms with Gasteiger partial charge in [-0.25, -0.2) is 9.07 Å². The Morgan fingerprint density at radius 2 is 1.87 bits per heavy atom. The number of nitrogens with one attached hydrogen (secondary N) is 1. The van der Waals surface area contributed by atoms with Gasteiger partial charge in [-0.15, -0.1) is 23.1 Å². The Morgan fingerprint density at radius 1 is 1.13 bits per heavy atom. The lowest BCUT2D eigenvalue weighted by molar-refractivity contribution is -0.122. The van der Waals surface area contributed by atoms with Gasteiger partial charge in [0.05, 0.1) is 22.4 Å². The van der Waals surface area contributed by atoms with Gasteiger partial charge in [-0.2, -0.15) is 5.10 Å². The van der Waals surface area contributed by atoms with Crippen LogP contribution in [0.1, 0.15) is 21.3 Å². The van der Waals surface area contributed by atoms with E-state index in [-0.39, 0.29) is 35.2 Å². The van der Waals surface area contributed by atoms with Crippen LogP contribution in [0.4, 0.5) is 10.2 Å². The van der Waals surface area contributed by atoms with E-state index in [1.807, 2.05) is 49.3 Å². The summed E-state index contributed by atoms with van der Waals surface area (Å²) in [5, 5.41) is 9.84. The summed E-state index contributed by atoms with van der Waals surface area (Å²) in [6, 6.07) is 17.9. The second-order valence-electron chi connectivity index (χ2n) is 9.63. The van der Waals surface area contributed by atoms with Gasteiger partial charge in [0.15, 0.2) is 0 Å². The van der Waals surface area contributed by atoms with Crippen LogP contribution in [0.3, 0.4) is 0 Å². The molecule has 1 aliphatic rings. The number of hydrogen-bond donors (Lipinski definition) is 1. The van der Waals surface area contributed by atoms with Crippen molar-refractivity contribution in [3.63, 3.8) is 0 Å². The zero-order valence-electron chi connectivity index (χ0n) is 22.1. The van der Waals surface area contributed by atoms with Gasteiger partial charge in [0.2, 0.25) is 11.8 Å². The van der Waals surface area contributed by atoms with E-state index < -0.39 is 0 Å². The SMILES string of the molecule is Cc1ccsc1[C@H]1SCC(=O)N(CC(=O)NCCN(C)C)c2c1c(-c1ccccc1)nn2-c1ccc(F)cc1. The number of likely N-dealkylation sites (N-methyl/N-ethyl adjacent to an activating group) is 1. The molecule has 0 spiro atoms. The molecule has 10 heteroatoms. The summed E-state index contributed by atoms with van der Waals surface area (Å²) >= 11 is 3.20. The van der Waals surface area contributed by atoms with Crippen LogP contribution in [-0.4, -0.2) is 66.0 Å². The average molecular weight is 564 g/mol. The minimum Gasteiger partial charge on any atom is -0.353 e. The number of benzene rings is 2. The number of anilines is 1. The van der Waals surface area contributed by atoms with Crippen LogP contribution in [0.15, 0.2) is 66.0 Å². The number of thioether (sulfide) groups is 1. The molecule has 0 saturated heterocycles. The molecule has 5 rings (SSSR count). The molecule has 0 saturated carbocycles. The van der Waals surface area contributed by atoms with Gasteiger partial charge in [0.25, 0.3) is 0 Å². The molecule has 39 heavy (non-hydrogen) atoms. The van der Waals surface area contributed by atoms with E-state index in [9.17, 15) is 14.0 Å². The Morgan fingerprint density at radius 3 is 2.54 bits per heavy atom. The molecule has 3 heterocycles. The van der Waals surface area contributed by atoms with Crippen molar-refractivity contribution in [3.05, 3.63) is 87.9 Å². The van der Waals surface area contributed by atoms with Gasteiger partial charge < -0.3 is 10.2 Å². The molecule has 202 valence electrons. The standard InChI is InChI=1S/C29H30FN5O2S2/c1-19-13-16-38-27(19)28-25-26(20-7-5-4-6-8-20)32-35(22-11-9-21(30)10-12-22)29(25)34(24(37)18-39-28)17-23(36)31-14-15-33(2)3/h4-13,16,28H,14-15,17-18H2,1-3H3,(H,31,36)/t28-/m0/s1. The Kier molecular flexibility index (Phi) is 8.15. The fourth-order valence-corrected chi connectivity index (χ4v) is 7.04. The zero-order chi connectivity index (χ0) is 27.5. The van der Waals surface area contributed by atoms with Crippen LogP contribution < -0.4 is 10.2 Å². The first-order valence-electron chi connectivity index (χ1n) is 12.6. The van der Waals surface area contributed by atoms with Crippen molar-refractivity contribution in [2.45, 2.75) is 12.2 Å².